The van der Waals surface area contributed by atoms with Gasteiger partial charge in [0.1, 0.15) is 0 Å². The Labute approximate surface area is 114 Å². The van der Waals surface area contributed by atoms with Gasteiger partial charge in [-0.1, -0.05) is 6.07 Å². The van der Waals surface area contributed by atoms with E-state index >= 15 is 0 Å². The van der Waals surface area contributed by atoms with Crippen molar-refractivity contribution >= 4 is 17.3 Å². The zero-order chi connectivity index (χ0) is 14.3. The van der Waals surface area contributed by atoms with Crippen LogP contribution in [0.5, 0.6) is 0 Å². The first-order valence-corrected chi connectivity index (χ1v) is 6.47. The van der Waals surface area contributed by atoms with Crippen molar-refractivity contribution < 1.29 is 14.3 Å². The van der Waals surface area contributed by atoms with Crippen molar-refractivity contribution in [2.75, 3.05) is 30.8 Å². The summed E-state index contributed by atoms with van der Waals surface area (Å²) >= 11 is 0. The quantitative estimate of drug-likeness (QED) is 0.450. The second-order valence-corrected chi connectivity index (χ2v) is 4.33. The van der Waals surface area contributed by atoms with Gasteiger partial charge in [-0.05, 0) is 32.9 Å². The third-order valence-corrected chi connectivity index (χ3v) is 2.47. The molecule has 5 heteroatoms. The summed E-state index contributed by atoms with van der Waals surface area (Å²) in [6.07, 6.45) is 0.199. The predicted molar refractivity (Wildman–Crippen MR) is 76.4 cm³/mol. The molecule has 1 aromatic rings. The highest BCUT2D eigenvalue weighted by Crippen LogP contribution is 2.23. The number of ether oxygens (including phenoxy) is 2. The zero-order valence-corrected chi connectivity index (χ0v) is 11.7. The number of nitrogens with two attached hydrogens (primary N) is 1. The van der Waals surface area contributed by atoms with Crippen LogP contribution in [0.1, 0.15) is 31.1 Å². The van der Waals surface area contributed by atoms with E-state index in [4.69, 9.17) is 15.2 Å². The molecule has 0 bridgehead atoms. The average molecular weight is 266 g/mol. The summed E-state index contributed by atoms with van der Waals surface area (Å²) < 4.78 is 10.4. The molecule has 0 aliphatic heterocycles. The Kier molecular flexibility index (Phi) is 6.15. The molecule has 0 aliphatic carbocycles. The number of esters is 1. The van der Waals surface area contributed by atoms with Gasteiger partial charge >= 0.3 is 5.97 Å². The van der Waals surface area contributed by atoms with Crippen LogP contribution >= 0.6 is 0 Å². The van der Waals surface area contributed by atoms with Gasteiger partial charge in [-0.3, -0.25) is 0 Å². The Morgan fingerprint density at radius 3 is 2.79 bits per heavy atom. The zero-order valence-electron chi connectivity index (χ0n) is 11.7. The first kappa shape index (κ1) is 15.3. The maximum Gasteiger partial charge on any atom is 0.340 e. The summed E-state index contributed by atoms with van der Waals surface area (Å²) in [5, 5.41) is 3.15. The largest absolute Gasteiger partial charge is 0.462 e. The fourth-order valence-electron chi connectivity index (χ4n) is 1.59. The minimum atomic E-state index is -0.401. The van der Waals surface area contributed by atoms with Crippen LogP contribution in [0.4, 0.5) is 11.4 Å². The van der Waals surface area contributed by atoms with Gasteiger partial charge in [-0.15, -0.1) is 0 Å². The summed E-state index contributed by atoms with van der Waals surface area (Å²) in [7, 11) is 0. The molecule has 5 nitrogen and oxygen atoms in total. The standard InChI is InChI=1S/C14H22N2O3/c1-4-18-14(17)11-6-5-7-12(13(11)15)16-8-9-19-10(2)3/h5-7,10,16H,4,8-9,15H2,1-3H3. The molecule has 0 atom stereocenters. The second-order valence-electron chi connectivity index (χ2n) is 4.33. The molecule has 0 fully saturated rings. The first-order chi connectivity index (χ1) is 9.06. The van der Waals surface area contributed by atoms with Crippen LogP contribution in [0.15, 0.2) is 18.2 Å². The van der Waals surface area contributed by atoms with E-state index in [0.717, 1.165) is 5.69 Å². The monoisotopic (exact) mass is 266 g/mol. The van der Waals surface area contributed by atoms with Gasteiger partial charge in [0.2, 0.25) is 0 Å². The molecule has 0 saturated carbocycles. The van der Waals surface area contributed by atoms with Gasteiger partial charge in [-0.2, -0.15) is 0 Å². The lowest BCUT2D eigenvalue weighted by Crippen LogP contribution is -2.15. The number of hydrogen-bond donors (Lipinski definition) is 2. The Morgan fingerprint density at radius 1 is 1.42 bits per heavy atom. The molecule has 1 aromatic carbocycles. The van der Waals surface area contributed by atoms with Gasteiger partial charge in [0, 0.05) is 6.54 Å². The SMILES string of the molecule is CCOC(=O)c1cccc(NCCOC(C)C)c1N. The van der Waals surface area contributed by atoms with Crippen LogP contribution in [0.3, 0.4) is 0 Å². The molecule has 19 heavy (non-hydrogen) atoms. The van der Waals surface area contributed by atoms with Crippen molar-refractivity contribution in [2.24, 2.45) is 0 Å². The van der Waals surface area contributed by atoms with Gasteiger partial charge in [0.15, 0.2) is 0 Å². The van der Waals surface area contributed by atoms with Crippen molar-refractivity contribution in [2.45, 2.75) is 26.9 Å². The number of para-hydroxylation sites is 1. The molecular weight excluding hydrogens is 244 g/mol. The van der Waals surface area contributed by atoms with E-state index in [2.05, 4.69) is 5.32 Å². The summed E-state index contributed by atoms with van der Waals surface area (Å²) in [5.41, 5.74) is 7.47. The molecule has 0 aliphatic rings. The molecule has 0 spiro atoms. The van der Waals surface area contributed by atoms with Crippen LogP contribution in [0.2, 0.25) is 0 Å². The molecule has 0 radical (unpaired) electrons. The molecule has 0 aromatic heterocycles. The Balaban J connectivity index is 2.64. The highest BCUT2D eigenvalue weighted by Gasteiger charge is 2.13. The number of nitrogen functional groups attached to an aromatic ring is 1. The molecule has 106 valence electrons. The van der Waals surface area contributed by atoms with Crippen molar-refractivity contribution in [1.29, 1.82) is 0 Å². The molecule has 0 heterocycles. The number of benzene rings is 1. The Hall–Kier alpha value is -1.75. The lowest BCUT2D eigenvalue weighted by atomic mass is 10.1. The molecule has 1 rings (SSSR count). The molecule has 3 N–H and O–H groups in total. The number of anilines is 2. The van der Waals surface area contributed by atoms with Crippen LogP contribution < -0.4 is 11.1 Å². The summed E-state index contributed by atoms with van der Waals surface area (Å²) in [6.45, 7) is 7.28. The van der Waals surface area contributed by atoms with Crippen LogP contribution in [-0.2, 0) is 9.47 Å². The molecule has 0 saturated heterocycles. The predicted octanol–water partition coefficient (Wildman–Crippen LogP) is 2.28. The highest BCUT2D eigenvalue weighted by molar-refractivity contribution is 5.98. The number of rotatable bonds is 7. The van der Waals surface area contributed by atoms with E-state index in [1.54, 1.807) is 19.1 Å². The number of hydrogen-bond acceptors (Lipinski definition) is 5. The summed E-state index contributed by atoms with van der Waals surface area (Å²) in [4.78, 5) is 11.7. The van der Waals surface area contributed by atoms with Gasteiger partial charge < -0.3 is 20.5 Å². The van der Waals surface area contributed by atoms with E-state index in [9.17, 15) is 4.79 Å². The van der Waals surface area contributed by atoms with Crippen molar-refractivity contribution in [3.05, 3.63) is 23.8 Å². The molecule has 0 unspecified atom stereocenters. The Morgan fingerprint density at radius 2 is 2.16 bits per heavy atom. The van der Waals surface area contributed by atoms with Gasteiger partial charge in [-0.25, -0.2) is 4.79 Å². The van der Waals surface area contributed by atoms with Crippen LogP contribution in [-0.4, -0.2) is 31.8 Å². The van der Waals surface area contributed by atoms with Gasteiger partial charge in [0.05, 0.1) is 36.3 Å². The number of carbonyl (C=O) groups is 1. The third kappa shape index (κ3) is 4.79. The van der Waals surface area contributed by atoms with E-state index in [1.807, 2.05) is 19.9 Å². The van der Waals surface area contributed by atoms with Crippen LogP contribution in [0.25, 0.3) is 0 Å². The Bertz CT molecular complexity index is 419. The van der Waals surface area contributed by atoms with Crippen molar-refractivity contribution in [3.63, 3.8) is 0 Å². The van der Waals surface area contributed by atoms with E-state index in [-0.39, 0.29) is 6.10 Å². The minimum Gasteiger partial charge on any atom is -0.462 e. The first-order valence-electron chi connectivity index (χ1n) is 6.47. The summed E-state index contributed by atoms with van der Waals surface area (Å²) in [6, 6.07) is 5.25. The third-order valence-electron chi connectivity index (χ3n) is 2.47. The molecular formula is C14H22N2O3. The van der Waals surface area contributed by atoms with Crippen molar-refractivity contribution in [3.8, 4) is 0 Å². The normalized spacial score (nSPS) is 10.5. The van der Waals surface area contributed by atoms with E-state index in [0.29, 0.717) is 31.0 Å². The highest BCUT2D eigenvalue weighted by atomic mass is 16.5. The topological polar surface area (TPSA) is 73.6 Å². The van der Waals surface area contributed by atoms with Gasteiger partial charge in [0.25, 0.3) is 0 Å². The number of carbonyl (C=O) groups excluding carboxylic acids is 1. The van der Waals surface area contributed by atoms with E-state index < -0.39 is 5.97 Å². The maximum absolute atomic E-state index is 11.7. The van der Waals surface area contributed by atoms with Crippen molar-refractivity contribution in [1.82, 2.24) is 0 Å². The average Bonchev–Trinajstić information content (AvgIpc) is 2.36. The second kappa shape index (κ2) is 7.63. The fourth-order valence-corrected chi connectivity index (χ4v) is 1.59. The minimum absolute atomic E-state index is 0.199. The molecule has 0 amide bonds. The maximum atomic E-state index is 11.7. The van der Waals surface area contributed by atoms with E-state index in [1.165, 1.54) is 0 Å². The number of nitrogens with one attached hydrogen (secondary N) is 1. The smallest absolute Gasteiger partial charge is 0.340 e. The fraction of sp³-hybridized carbons (Fsp3) is 0.500. The lowest BCUT2D eigenvalue weighted by Gasteiger charge is -2.13. The summed E-state index contributed by atoms with van der Waals surface area (Å²) in [5.74, 6) is -0.401. The van der Waals surface area contributed by atoms with Crippen LogP contribution in [0, 0.1) is 0 Å². The lowest BCUT2D eigenvalue weighted by molar-refractivity contribution is 0.0527.